The third kappa shape index (κ3) is 3.39. The van der Waals surface area contributed by atoms with Crippen LogP contribution in [0.5, 0.6) is 0 Å². The van der Waals surface area contributed by atoms with Crippen LogP contribution in [-0.4, -0.2) is 25.9 Å². The van der Waals surface area contributed by atoms with Gasteiger partial charge in [0.2, 0.25) is 5.91 Å². The summed E-state index contributed by atoms with van der Waals surface area (Å²) in [5.41, 5.74) is 1.69. The largest absolute Gasteiger partial charge is 0.376 e. The smallest absolute Gasteiger partial charge is 0.239 e. The normalized spacial score (nSPS) is 9.87. The highest BCUT2D eigenvalue weighted by Crippen LogP contribution is 2.27. The van der Waals surface area contributed by atoms with Gasteiger partial charge in [0.05, 0.1) is 11.4 Å². The van der Waals surface area contributed by atoms with Crippen molar-refractivity contribution in [2.45, 2.75) is 0 Å². The van der Waals surface area contributed by atoms with Crippen LogP contribution >= 0.6 is 27.5 Å². The SMILES string of the molecule is CN(C)c1ccc(Br)cc1NC(=O)CCl. The van der Waals surface area contributed by atoms with Gasteiger partial charge in [0.15, 0.2) is 0 Å². The fraction of sp³-hybridized carbons (Fsp3) is 0.300. The van der Waals surface area contributed by atoms with Crippen LogP contribution in [-0.2, 0) is 4.79 Å². The minimum Gasteiger partial charge on any atom is -0.376 e. The first kappa shape index (κ1) is 12.3. The second-order valence-electron chi connectivity index (χ2n) is 3.24. The number of amides is 1. The highest BCUT2D eigenvalue weighted by atomic mass is 79.9. The Morgan fingerprint density at radius 1 is 1.53 bits per heavy atom. The van der Waals surface area contributed by atoms with Crippen LogP contribution in [0.1, 0.15) is 0 Å². The number of hydrogen-bond donors (Lipinski definition) is 1. The van der Waals surface area contributed by atoms with Crippen LogP contribution in [0.3, 0.4) is 0 Å². The average molecular weight is 292 g/mol. The highest BCUT2D eigenvalue weighted by molar-refractivity contribution is 9.10. The summed E-state index contributed by atoms with van der Waals surface area (Å²) in [7, 11) is 3.83. The summed E-state index contributed by atoms with van der Waals surface area (Å²) in [5.74, 6) is -0.253. The topological polar surface area (TPSA) is 32.3 Å². The van der Waals surface area contributed by atoms with Gasteiger partial charge in [-0.05, 0) is 18.2 Å². The van der Waals surface area contributed by atoms with Crippen molar-refractivity contribution in [2.24, 2.45) is 0 Å². The minimum atomic E-state index is -0.210. The number of alkyl halides is 1. The van der Waals surface area contributed by atoms with E-state index < -0.39 is 0 Å². The third-order valence-electron chi connectivity index (χ3n) is 1.84. The van der Waals surface area contributed by atoms with E-state index in [0.717, 1.165) is 15.8 Å². The Kier molecular flexibility index (Phi) is 4.42. The monoisotopic (exact) mass is 290 g/mol. The number of halogens is 2. The third-order valence-corrected chi connectivity index (χ3v) is 2.57. The molecule has 0 saturated heterocycles. The van der Waals surface area contributed by atoms with Gasteiger partial charge in [0, 0.05) is 18.6 Å². The Bertz CT molecular complexity index is 368. The average Bonchev–Trinajstić information content (AvgIpc) is 2.17. The molecule has 0 atom stereocenters. The van der Waals surface area contributed by atoms with Gasteiger partial charge in [-0.2, -0.15) is 0 Å². The molecular weight excluding hydrogens is 279 g/mol. The highest BCUT2D eigenvalue weighted by Gasteiger charge is 2.07. The van der Waals surface area contributed by atoms with Gasteiger partial charge in [-0.15, -0.1) is 11.6 Å². The molecule has 0 unspecified atom stereocenters. The van der Waals surface area contributed by atoms with Gasteiger partial charge in [-0.1, -0.05) is 15.9 Å². The van der Waals surface area contributed by atoms with Crippen LogP contribution in [0.4, 0.5) is 11.4 Å². The summed E-state index contributed by atoms with van der Waals surface area (Å²) in [5, 5.41) is 2.74. The number of rotatable bonds is 3. The van der Waals surface area contributed by atoms with Gasteiger partial charge in [-0.3, -0.25) is 4.79 Å². The number of nitrogens with one attached hydrogen (secondary N) is 1. The van der Waals surface area contributed by atoms with Crippen molar-refractivity contribution in [3.8, 4) is 0 Å². The Hall–Kier alpha value is -0.740. The molecule has 0 aromatic heterocycles. The maximum Gasteiger partial charge on any atom is 0.239 e. The number of carbonyl (C=O) groups excluding carboxylic acids is 1. The molecule has 3 nitrogen and oxygen atoms in total. The van der Waals surface area contributed by atoms with E-state index in [2.05, 4.69) is 21.2 Å². The molecule has 1 aromatic carbocycles. The predicted molar refractivity (Wildman–Crippen MR) is 67.8 cm³/mol. The first-order valence-electron chi connectivity index (χ1n) is 4.37. The van der Waals surface area contributed by atoms with Gasteiger partial charge < -0.3 is 10.2 Å². The summed E-state index contributed by atoms with van der Waals surface area (Å²) in [6.07, 6.45) is 0. The molecule has 0 spiro atoms. The standard InChI is InChI=1S/C10H12BrClN2O/c1-14(2)9-4-3-7(11)5-8(9)13-10(15)6-12/h3-5H,6H2,1-2H3,(H,13,15). The molecule has 0 saturated carbocycles. The molecule has 1 aromatic rings. The lowest BCUT2D eigenvalue weighted by Crippen LogP contribution is -2.17. The molecule has 1 N–H and O–H groups in total. The van der Waals surface area contributed by atoms with Crippen LogP contribution in [0.15, 0.2) is 22.7 Å². The van der Waals surface area contributed by atoms with E-state index in [1.54, 1.807) is 0 Å². The second kappa shape index (κ2) is 5.37. The Morgan fingerprint density at radius 2 is 2.20 bits per heavy atom. The van der Waals surface area contributed by atoms with Crippen molar-refractivity contribution in [2.75, 3.05) is 30.2 Å². The van der Waals surface area contributed by atoms with Crippen LogP contribution in [0, 0.1) is 0 Å². The Morgan fingerprint density at radius 3 is 2.73 bits per heavy atom. The number of benzene rings is 1. The molecular formula is C10H12BrClN2O. The molecule has 0 fully saturated rings. The fourth-order valence-electron chi connectivity index (χ4n) is 1.18. The van der Waals surface area contributed by atoms with E-state index in [1.807, 2.05) is 37.2 Å². The number of anilines is 2. The van der Waals surface area contributed by atoms with Crippen LogP contribution in [0.25, 0.3) is 0 Å². The van der Waals surface area contributed by atoms with Gasteiger partial charge >= 0.3 is 0 Å². The Labute approximate surface area is 103 Å². The summed E-state index contributed by atoms with van der Waals surface area (Å²) in [6.45, 7) is 0. The quantitative estimate of drug-likeness (QED) is 0.869. The minimum absolute atomic E-state index is 0.0423. The maximum absolute atomic E-state index is 11.2. The molecule has 5 heteroatoms. The molecule has 0 radical (unpaired) electrons. The van der Waals surface area contributed by atoms with Crippen molar-refractivity contribution in [1.82, 2.24) is 0 Å². The lowest BCUT2D eigenvalue weighted by molar-refractivity contribution is -0.113. The van der Waals surface area contributed by atoms with E-state index in [-0.39, 0.29) is 11.8 Å². The lowest BCUT2D eigenvalue weighted by atomic mass is 10.2. The van der Waals surface area contributed by atoms with E-state index in [1.165, 1.54) is 0 Å². The van der Waals surface area contributed by atoms with E-state index in [4.69, 9.17) is 11.6 Å². The predicted octanol–water partition coefficient (Wildman–Crippen LogP) is 2.69. The van der Waals surface area contributed by atoms with E-state index in [9.17, 15) is 4.79 Å². The van der Waals surface area contributed by atoms with Crippen LogP contribution in [0.2, 0.25) is 0 Å². The molecule has 0 aliphatic rings. The zero-order valence-electron chi connectivity index (χ0n) is 8.55. The van der Waals surface area contributed by atoms with Crippen molar-refractivity contribution in [3.05, 3.63) is 22.7 Å². The molecule has 0 aliphatic heterocycles. The number of hydrogen-bond acceptors (Lipinski definition) is 2. The van der Waals surface area contributed by atoms with Crippen molar-refractivity contribution < 1.29 is 4.79 Å². The summed E-state index contributed by atoms with van der Waals surface area (Å²) in [4.78, 5) is 13.1. The molecule has 15 heavy (non-hydrogen) atoms. The zero-order chi connectivity index (χ0) is 11.4. The molecule has 0 heterocycles. The summed E-state index contributed by atoms with van der Waals surface area (Å²) < 4.78 is 0.915. The van der Waals surface area contributed by atoms with E-state index >= 15 is 0 Å². The summed E-state index contributed by atoms with van der Waals surface area (Å²) >= 11 is 8.79. The Balaban J connectivity index is 3.02. The maximum atomic E-state index is 11.2. The number of nitrogens with zero attached hydrogens (tertiary/aromatic N) is 1. The first-order chi connectivity index (χ1) is 7.04. The van der Waals surface area contributed by atoms with Crippen LogP contribution < -0.4 is 10.2 Å². The molecule has 1 amide bonds. The van der Waals surface area contributed by atoms with Gasteiger partial charge in [-0.25, -0.2) is 0 Å². The van der Waals surface area contributed by atoms with Gasteiger partial charge in [0.25, 0.3) is 0 Å². The summed E-state index contributed by atoms with van der Waals surface area (Å²) in [6, 6.07) is 5.69. The molecule has 0 aliphatic carbocycles. The fourth-order valence-corrected chi connectivity index (χ4v) is 1.61. The second-order valence-corrected chi connectivity index (χ2v) is 4.42. The molecule has 82 valence electrons. The zero-order valence-corrected chi connectivity index (χ0v) is 10.9. The van der Waals surface area contributed by atoms with Gasteiger partial charge in [0.1, 0.15) is 5.88 Å². The van der Waals surface area contributed by atoms with Crippen molar-refractivity contribution in [3.63, 3.8) is 0 Å². The lowest BCUT2D eigenvalue weighted by Gasteiger charge is -2.17. The molecule has 0 bridgehead atoms. The first-order valence-corrected chi connectivity index (χ1v) is 5.70. The molecule has 1 rings (SSSR count). The van der Waals surface area contributed by atoms with Crippen molar-refractivity contribution >= 4 is 44.8 Å². The van der Waals surface area contributed by atoms with E-state index in [0.29, 0.717) is 0 Å². The number of carbonyl (C=O) groups is 1. The van der Waals surface area contributed by atoms with Crippen molar-refractivity contribution in [1.29, 1.82) is 0 Å².